The van der Waals surface area contributed by atoms with Crippen LogP contribution in [0.25, 0.3) is 0 Å². The van der Waals surface area contributed by atoms with E-state index in [9.17, 15) is 0 Å². The molecule has 0 heterocycles. The zero-order valence-electron chi connectivity index (χ0n) is 9.34. The molecule has 0 saturated heterocycles. The van der Waals surface area contributed by atoms with E-state index in [0.717, 1.165) is 12.5 Å². The molecule has 0 radical (unpaired) electrons. The van der Waals surface area contributed by atoms with Crippen LogP contribution in [0.2, 0.25) is 0 Å². The summed E-state index contributed by atoms with van der Waals surface area (Å²) in [5, 5.41) is 3.65. The van der Waals surface area contributed by atoms with Crippen molar-refractivity contribution in [2.45, 2.75) is 39.2 Å². The van der Waals surface area contributed by atoms with Gasteiger partial charge in [0.05, 0.1) is 0 Å². The largest absolute Gasteiger partial charge is 0.312 e. The van der Waals surface area contributed by atoms with Crippen molar-refractivity contribution in [2.75, 3.05) is 26.7 Å². The summed E-state index contributed by atoms with van der Waals surface area (Å²) in [7, 11) is 2.20. The van der Waals surface area contributed by atoms with Gasteiger partial charge in [-0.05, 0) is 45.3 Å². The topological polar surface area (TPSA) is 15.3 Å². The number of nitrogens with zero attached hydrogens (tertiary/aromatic N) is 1. The van der Waals surface area contributed by atoms with Gasteiger partial charge in [0.2, 0.25) is 0 Å². The van der Waals surface area contributed by atoms with Crippen LogP contribution in [0.1, 0.15) is 34.5 Å². The third-order valence-electron chi connectivity index (χ3n) is 2.96. The molecule has 1 N–H and O–H groups in total. The summed E-state index contributed by atoms with van der Waals surface area (Å²) in [5.74, 6) is 1.00. The Kier molecular flexibility index (Phi) is 4.74. The molecule has 13 heavy (non-hydrogen) atoms. The van der Waals surface area contributed by atoms with Crippen LogP contribution in [0.4, 0.5) is 0 Å². The van der Waals surface area contributed by atoms with Gasteiger partial charge < -0.3 is 10.2 Å². The highest BCUT2D eigenvalue weighted by Gasteiger charge is 2.21. The molecule has 0 aromatic heterocycles. The van der Waals surface area contributed by atoms with Crippen molar-refractivity contribution in [3.05, 3.63) is 0 Å². The van der Waals surface area contributed by atoms with E-state index < -0.39 is 0 Å². The van der Waals surface area contributed by atoms with Crippen LogP contribution in [0, 0.1) is 5.92 Å². The lowest BCUT2D eigenvalue weighted by atomic mass is 10.2. The second kappa shape index (κ2) is 5.61. The Morgan fingerprint density at radius 1 is 1.46 bits per heavy atom. The highest BCUT2D eigenvalue weighted by Crippen LogP contribution is 2.27. The smallest absolute Gasteiger partial charge is 0.0192 e. The first-order valence-electron chi connectivity index (χ1n) is 5.68. The second-order valence-electron chi connectivity index (χ2n) is 4.31. The van der Waals surface area contributed by atoms with Gasteiger partial charge in [-0.3, -0.25) is 0 Å². The van der Waals surface area contributed by atoms with Crippen LogP contribution in [0.3, 0.4) is 0 Å². The number of nitrogens with one attached hydrogen (secondary N) is 1. The van der Waals surface area contributed by atoms with E-state index in [4.69, 9.17) is 0 Å². The fourth-order valence-corrected chi connectivity index (χ4v) is 1.50. The number of hydrogen-bond donors (Lipinski definition) is 1. The molecule has 2 nitrogen and oxygen atoms in total. The van der Waals surface area contributed by atoms with E-state index >= 15 is 0 Å². The summed E-state index contributed by atoms with van der Waals surface area (Å²) >= 11 is 0. The van der Waals surface area contributed by atoms with Crippen LogP contribution < -0.4 is 5.32 Å². The molecule has 0 bridgehead atoms. The van der Waals surface area contributed by atoms with Gasteiger partial charge in [-0.1, -0.05) is 13.8 Å². The summed E-state index contributed by atoms with van der Waals surface area (Å²) in [6.07, 6.45) is 4.15. The molecule has 1 unspecified atom stereocenters. The zero-order chi connectivity index (χ0) is 9.68. The second-order valence-corrected chi connectivity index (χ2v) is 4.31. The minimum Gasteiger partial charge on any atom is -0.312 e. The summed E-state index contributed by atoms with van der Waals surface area (Å²) in [6.45, 7) is 8.08. The van der Waals surface area contributed by atoms with Gasteiger partial charge in [-0.15, -0.1) is 0 Å². The Hall–Kier alpha value is -0.0800. The predicted molar refractivity (Wildman–Crippen MR) is 60.1 cm³/mol. The molecule has 0 aliphatic heterocycles. The fraction of sp³-hybridized carbons (Fsp3) is 1.00. The Bertz CT molecular complexity index is 137. The van der Waals surface area contributed by atoms with E-state index in [1.807, 2.05) is 0 Å². The van der Waals surface area contributed by atoms with Gasteiger partial charge in [0.1, 0.15) is 0 Å². The van der Waals surface area contributed by atoms with Gasteiger partial charge in [0.25, 0.3) is 0 Å². The normalized spacial score (nSPS) is 19.4. The highest BCUT2D eigenvalue weighted by atomic mass is 15.1. The van der Waals surface area contributed by atoms with Crippen molar-refractivity contribution in [3.8, 4) is 0 Å². The summed E-state index contributed by atoms with van der Waals surface area (Å²) in [6, 6.07) is 0.700. The molecule has 1 rings (SSSR count). The summed E-state index contributed by atoms with van der Waals surface area (Å²) in [5.41, 5.74) is 0. The zero-order valence-corrected chi connectivity index (χ0v) is 9.34. The number of hydrogen-bond acceptors (Lipinski definition) is 2. The lowest BCUT2D eigenvalue weighted by molar-refractivity contribution is 0.295. The Morgan fingerprint density at radius 3 is 2.62 bits per heavy atom. The molecule has 1 saturated carbocycles. The quantitative estimate of drug-likeness (QED) is 0.654. The summed E-state index contributed by atoms with van der Waals surface area (Å²) < 4.78 is 0. The van der Waals surface area contributed by atoms with Crippen molar-refractivity contribution in [3.63, 3.8) is 0 Å². The van der Waals surface area contributed by atoms with Crippen molar-refractivity contribution in [1.29, 1.82) is 0 Å². The first-order valence-corrected chi connectivity index (χ1v) is 5.68. The SMILES string of the molecule is CCC(CN(C)CC)NCC1CC1.[HH]. The molecule has 0 amide bonds. The number of rotatable bonds is 7. The third-order valence-corrected chi connectivity index (χ3v) is 2.96. The number of likely N-dealkylation sites (N-methyl/N-ethyl adjacent to an activating group) is 1. The molecule has 0 aromatic rings. The van der Waals surface area contributed by atoms with Crippen LogP contribution >= 0.6 is 0 Å². The molecule has 1 aliphatic rings. The van der Waals surface area contributed by atoms with Crippen molar-refractivity contribution < 1.29 is 1.43 Å². The maximum Gasteiger partial charge on any atom is 0.0192 e. The van der Waals surface area contributed by atoms with Gasteiger partial charge in [-0.2, -0.15) is 0 Å². The van der Waals surface area contributed by atoms with E-state index in [2.05, 4.69) is 31.1 Å². The maximum absolute atomic E-state index is 3.65. The molecule has 1 fully saturated rings. The maximum atomic E-state index is 3.65. The molecule has 1 aliphatic carbocycles. The predicted octanol–water partition coefficient (Wildman–Crippen LogP) is 1.96. The van der Waals surface area contributed by atoms with Crippen LogP contribution in [-0.4, -0.2) is 37.6 Å². The average molecular weight is 186 g/mol. The van der Waals surface area contributed by atoms with Crippen molar-refractivity contribution >= 4 is 0 Å². The molecular weight excluding hydrogens is 160 g/mol. The van der Waals surface area contributed by atoms with Gasteiger partial charge in [-0.25, -0.2) is 0 Å². The first-order chi connectivity index (χ1) is 6.26. The van der Waals surface area contributed by atoms with Gasteiger partial charge in [0.15, 0.2) is 0 Å². The van der Waals surface area contributed by atoms with E-state index in [1.54, 1.807) is 0 Å². The Labute approximate surface area is 84.2 Å². The molecule has 80 valence electrons. The van der Waals surface area contributed by atoms with Crippen LogP contribution in [-0.2, 0) is 0 Å². The summed E-state index contributed by atoms with van der Waals surface area (Å²) in [4.78, 5) is 2.38. The van der Waals surface area contributed by atoms with Crippen LogP contribution in [0.5, 0.6) is 0 Å². The van der Waals surface area contributed by atoms with Crippen molar-refractivity contribution in [2.24, 2.45) is 5.92 Å². The lowest BCUT2D eigenvalue weighted by Gasteiger charge is -2.22. The average Bonchev–Trinajstić information content (AvgIpc) is 2.95. The molecule has 0 aromatic carbocycles. The third kappa shape index (κ3) is 4.63. The van der Waals surface area contributed by atoms with E-state index in [-0.39, 0.29) is 1.43 Å². The standard InChI is InChI=1S/C11H24N2.H2/c1-4-11(9-13(3)5-2)12-8-10-6-7-10;/h10-12H,4-9H2,1-3H3;1H. The van der Waals surface area contributed by atoms with Crippen LogP contribution in [0.15, 0.2) is 0 Å². The Balaban J connectivity index is 0.00000169. The highest BCUT2D eigenvalue weighted by molar-refractivity contribution is 4.78. The molecule has 0 spiro atoms. The first kappa shape index (κ1) is 11.0. The lowest BCUT2D eigenvalue weighted by Crippen LogP contribution is -2.39. The van der Waals surface area contributed by atoms with E-state index in [1.165, 1.54) is 32.4 Å². The monoisotopic (exact) mass is 186 g/mol. The van der Waals surface area contributed by atoms with E-state index in [0.29, 0.717) is 6.04 Å². The fourth-order valence-electron chi connectivity index (χ4n) is 1.50. The van der Waals surface area contributed by atoms with Gasteiger partial charge in [0, 0.05) is 14.0 Å². The minimum atomic E-state index is 0. The molecule has 2 heteroatoms. The van der Waals surface area contributed by atoms with Crippen molar-refractivity contribution in [1.82, 2.24) is 10.2 Å². The van der Waals surface area contributed by atoms with Gasteiger partial charge >= 0.3 is 0 Å². The minimum absolute atomic E-state index is 0. The molecule has 1 atom stereocenters. The molecular formula is C11H26N2. The Morgan fingerprint density at radius 2 is 2.15 bits per heavy atom.